The van der Waals surface area contributed by atoms with Crippen molar-refractivity contribution < 1.29 is 9.53 Å². The molecule has 2 aliphatic rings. The zero-order valence-electron chi connectivity index (χ0n) is 12.6. The summed E-state index contributed by atoms with van der Waals surface area (Å²) in [5, 5.41) is 0. The van der Waals surface area contributed by atoms with Gasteiger partial charge in [0, 0.05) is 19.2 Å². The van der Waals surface area contributed by atoms with Crippen molar-refractivity contribution in [2.24, 2.45) is 0 Å². The van der Waals surface area contributed by atoms with Crippen LogP contribution in [0.5, 0.6) is 0 Å². The number of allylic oxidation sites excluding steroid dienone is 1. The van der Waals surface area contributed by atoms with Crippen LogP contribution in [0, 0.1) is 0 Å². The van der Waals surface area contributed by atoms with Gasteiger partial charge in [-0.05, 0) is 43.7 Å². The van der Waals surface area contributed by atoms with E-state index >= 15 is 0 Å². The summed E-state index contributed by atoms with van der Waals surface area (Å²) < 4.78 is 5.88. The third-order valence-electron chi connectivity index (χ3n) is 4.55. The van der Waals surface area contributed by atoms with Gasteiger partial charge in [-0.15, -0.1) is 0 Å². The quantitative estimate of drug-likeness (QED) is 0.781. The van der Waals surface area contributed by atoms with E-state index in [2.05, 4.69) is 0 Å². The van der Waals surface area contributed by atoms with Crippen LogP contribution in [-0.4, -0.2) is 36.1 Å². The Morgan fingerprint density at radius 3 is 2.86 bits per heavy atom. The molecule has 3 heteroatoms. The Bertz CT molecular complexity index is 523. The molecule has 2 fully saturated rings. The lowest BCUT2D eigenvalue weighted by Gasteiger charge is -2.29. The van der Waals surface area contributed by atoms with Gasteiger partial charge in [0.25, 0.3) is 0 Å². The molecule has 112 valence electrons. The lowest BCUT2D eigenvalue weighted by atomic mass is 10.1. The lowest BCUT2D eigenvalue weighted by Crippen LogP contribution is -2.43. The summed E-state index contributed by atoms with van der Waals surface area (Å²) in [6, 6.07) is 10.4. The maximum Gasteiger partial charge on any atom is 0.247 e. The topological polar surface area (TPSA) is 29.5 Å². The van der Waals surface area contributed by atoms with Crippen LogP contribution < -0.4 is 0 Å². The van der Waals surface area contributed by atoms with Gasteiger partial charge >= 0.3 is 0 Å². The van der Waals surface area contributed by atoms with Crippen LogP contribution in [0.25, 0.3) is 5.57 Å². The molecule has 0 aromatic heterocycles. The maximum atomic E-state index is 12.7. The number of ether oxygens (including phenoxy) is 1. The standard InChI is InChI=1S/C18H23NO2/c1-14(15-7-3-2-4-8-15)13-18(20)19-11-6-12-21-17-10-5-9-16(17)19/h2-4,7-8,13,16-17H,5-6,9-12H2,1H3/b14-13+. The second-order valence-corrected chi connectivity index (χ2v) is 5.99. The third kappa shape index (κ3) is 3.18. The van der Waals surface area contributed by atoms with Crippen LogP contribution in [0.15, 0.2) is 36.4 Å². The maximum absolute atomic E-state index is 12.7. The molecule has 3 rings (SSSR count). The van der Waals surface area contributed by atoms with Crippen molar-refractivity contribution in [2.45, 2.75) is 44.8 Å². The van der Waals surface area contributed by atoms with Crippen molar-refractivity contribution >= 4 is 11.5 Å². The van der Waals surface area contributed by atoms with Gasteiger partial charge < -0.3 is 9.64 Å². The average Bonchev–Trinajstić information content (AvgIpc) is 2.87. The van der Waals surface area contributed by atoms with E-state index in [4.69, 9.17) is 4.74 Å². The molecule has 21 heavy (non-hydrogen) atoms. The van der Waals surface area contributed by atoms with E-state index in [0.29, 0.717) is 0 Å². The summed E-state index contributed by atoms with van der Waals surface area (Å²) in [6.07, 6.45) is 6.32. The number of hydrogen-bond acceptors (Lipinski definition) is 2. The van der Waals surface area contributed by atoms with Gasteiger partial charge in [0.2, 0.25) is 5.91 Å². The Labute approximate surface area is 126 Å². The van der Waals surface area contributed by atoms with E-state index < -0.39 is 0 Å². The number of nitrogens with zero attached hydrogens (tertiary/aromatic N) is 1. The fourth-order valence-corrected chi connectivity index (χ4v) is 3.42. The number of amides is 1. The van der Waals surface area contributed by atoms with Crippen molar-refractivity contribution in [2.75, 3.05) is 13.2 Å². The number of benzene rings is 1. The molecule has 1 aliphatic carbocycles. The van der Waals surface area contributed by atoms with Gasteiger partial charge in [-0.2, -0.15) is 0 Å². The van der Waals surface area contributed by atoms with E-state index in [1.165, 1.54) is 6.42 Å². The first-order valence-electron chi connectivity index (χ1n) is 7.91. The Hall–Kier alpha value is -1.61. The molecule has 0 spiro atoms. The van der Waals surface area contributed by atoms with Crippen molar-refractivity contribution in [3.05, 3.63) is 42.0 Å². The Kier molecular flexibility index (Phi) is 4.39. The minimum atomic E-state index is 0.138. The first-order valence-corrected chi connectivity index (χ1v) is 7.91. The number of carbonyl (C=O) groups is 1. The molecule has 0 bridgehead atoms. The first kappa shape index (κ1) is 14.3. The molecule has 1 aromatic carbocycles. The predicted molar refractivity (Wildman–Crippen MR) is 83.8 cm³/mol. The van der Waals surface area contributed by atoms with Crippen LogP contribution in [0.4, 0.5) is 0 Å². The monoisotopic (exact) mass is 285 g/mol. The van der Waals surface area contributed by atoms with Gasteiger partial charge in [-0.25, -0.2) is 0 Å². The second kappa shape index (κ2) is 6.44. The molecule has 0 N–H and O–H groups in total. The van der Waals surface area contributed by atoms with Crippen molar-refractivity contribution in [1.29, 1.82) is 0 Å². The number of hydrogen-bond donors (Lipinski definition) is 0. The largest absolute Gasteiger partial charge is 0.376 e. The number of carbonyl (C=O) groups excluding carboxylic acids is 1. The predicted octanol–water partition coefficient (Wildman–Crippen LogP) is 3.26. The van der Waals surface area contributed by atoms with Crippen LogP contribution in [0.2, 0.25) is 0 Å². The summed E-state index contributed by atoms with van der Waals surface area (Å²) in [6.45, 7) is 3.61. The molecule has 2 unspecified atom stereocenters. The van der Waals surface area contributed by atoms with Gasteiger partial charge in [-0.1, -0.05) is 30.3 Å². The molecule has 1 aliphatic heterocycles. The van der Waals surface area contributed by atoms with Gasteiger partial charge in [-0.3, -0.25) is 4.79 Å². The molecule has 0 radical (unpaired) electrons. The summed E-state index contributed by atoms with van der Waals surface area (Å²) in [5.74, 6) is 0.138. The third-order valence-corrected chi connectivity index (χ3v) is 4.55. The highest BCUT2D eigenvalue weighted by Crippen LogP contribution is 2.29. The Balaban J connectivity index is 1.77. The second-order valence-electron chi connectivity index (χ2n) is 5.99. The van der Waals surface area contributed by atoms with Crippen molar-refractivity contribution in [1.82, 2.24) is 4.90 Å². The zero-order chi connectivity index (χ0) is 14.7. The first-order chi connectivity index (χ1) is 10.3. The van der Waals surface area contributed by atoms with Crippen LogP contribution in [0.1, 0.15) is 38.2 Å². The smallest absolute Gasteiger partial charge is 0.247 e. The zero-order valence-corrected chi connectivity index (χ0v) is 12.6. The molecule has 2 atom stereocenters. The van der Waals surface area contributed by atoms with Crippen molar-refractivity contribution in [3.8, 4) is 0 Å². The van der Waals surface area contributed by atoms with Gasteiger partial charge in [0.05, 0.1) is 12.1 Å². The van der Waals surface area contributed by atoms with E-state index in [0.717, 1.165) is 43.6 Å². The number of rotatable bonds is 2. The molecule has 1 saturated carbocycles. The minimum absolute atomic E-state index is 0.138. The average molecular weight is 285 g/mol. The summed E-state index contributed by atoms with van der Waals surface area (Å²) in [7, 11) is 0. The van der Waals surface area contributed by atoms with E-state index in [-0.39, 0.29) is 18.1 Å². The fraction of sp³-hybridized carbons (Fsp3) is 0.500. The molecular weight excluding hydrogens is 262 g/mol. The Morgan fingerprint density at radius 1 is 1.24 bits per heavy atom. The summed E-state index contributed by atoms with van der Waals surface area (Å²) >= 11 is 0. The highest BCUT2D eigenvalue weighted by molar-refractivity contribution is 5.95. The Morgan fingerprint density at radius 2 is 2.05 bits per heavy atom. The fourth-order valence-electron chi connectivity index (χ4n) is 3.42. The number of fused-ring (bicyclic) bond motifs is 1. The minimum Gasteiger partial charge on any atom is -0.376 e. The van der Waals surface area contributed by atoms with E-state index in [1.54, 1.807) is 6.08 Å². The summed E-state index contributed by atoms with van der Waals surface area (Å²) in [5.41, 5.74) is 2.14. The van der Waals surface area contributed by atoms with E-state index in [9.17, 15) is 4.79 Å². The molecule has 3 nitrogen and oxygen atoms in total. The van der Waals surface area contributed by atoms with E-state index in [1.807, 2.05) is 42.2 Å². The molecular formula is C18H23NO2. The van der Waals surface area contributed by atoms with Crippen LogP contribution >= 0.6 is 0 Å². The van der Waals surface area contributed by atoms with Crippen LogP contribution in [-0.2, 0) is 9.53 Å². The summed E-state index contributed by atoms with van der Waals surface area (Å²) in [4.78, 5) is 14.7. The highest BCUT2D eigenvalue weighted by Gasteiger charge is 2.36. The molecule has 1 aromatic rings. The van der Waals surface area contributed by atoms with Gasteiger partial charge in [0.15, 0.2) is 0 Å². The molecule has 1 saturated heterocycles. The highest BCUT2D eigenvalue weighted by atomic mass is 16.5. The molecule has 1 amide bonds. The van der Waals surface area contributed by atoms with Gasteiger partial charge in [0.1, 0.15) is 0 Å². The van der Waals surface area contributed by atoms with Crippen molar-refractivity contribution in [3.63, 3.8) is 0 Å². The molecule has 1 heterocycles. The normalized spacial score (nSPS) is 26.3. The SMILES string of the molecule is C/C(=C\C(=O)N1CCCOC2CCCC21)c1ccccc1. The van der Waals surface area contributed by atoms with Crippen LogP contribution in [0.3, 0.4) is 0 Å². The lowest BCUT2D eigenvalue weighted by molar-refractivity contribution is -0.129.